The first-order valence-electron chi connectivity index (χ1n) is 21.8. The van der Waals surface area contributed by atoms with Gasteiger partial charge in [-0.15, -0.1) is 0 Å². The second-order valence-corrected chi connectivity index (χ2v) is 17.3. The summed E-state index contributed by atoms with van der Waals surface area (Å²) in [6.45, 7) is 16.3. The number of hydrogen-bond donors (Lipinski definition) is 0. The van der Waals surface area contributed by atoms with Gasteiger partial charge in [0.1, 0.15) is 23.3 Å². The first-order chi connectivity index (χ1) is 30.9. The lowest BCUT2D eigenvalue weighted by atomic mass is 9.96. The summed E-state index contributed by atoms with van der Waals surface area (Å²) < 4.78 is 4.74. The van der Waals surface area contributed by atoms with Crippen LogP contribution in [0.4, 0.5) is 0 Å². The zero-order chi connectivity index (χ0) is 44.0. The average Bonchev–Trinajstić information content (AvgIpc) is 3.76. The van der Waals surface area contributed by atoms with Crippen LogP contribution in [0.1, 0.15) is 45.6 Å². The normalized spacial score (nSPS) is 11.8. The van der Waals surface area contributed by atoms with Crippen LogP contribution in [0, 0.1) is 55.4 Å². The Bertz CT molecular complexity index is 3560. The van der Waals surface area contributed by atoms with Gasteiger partial charge in [-0.2, -0.15) is 0 Å². The van der Waals surface area contributed by atoms with E-state index in [-0.39, 0.29) is 0 Å². The fourth-order valence-electron chi connectivity index (χ4n) is 9.55. The molecule has 310 valence electrons. The quantitative estimate of drug-likeness (QED) is 0.166. The van der Waals surface area contributed by atoms with Crippen molar-refractivity contribution in [1.82, 2.24) is 39.0 Å². The van der Waals surface area contributed by atoms with Crippen LogP contribution in [-0.2, 0) is 0 Å². The molecule has 64 heavy (non-hydrogen) atoms. The minimum Gasteiger partial charge on any atom is -0.309 e. The van der Waals surface area contributed by atoms with E-state index in [1.165, 1.54) is 43.8 Å². The summed E-state index contributed by atoms with van der Waals surface area (Å²) in [5.41, 5.74) is 17.6. The second-order valence-electron chi connectivity index (χ2n) is 17.3. The summed E-state index contributed by atoms with van der Waals surface area (Å²) in [5.74, 6) is 4.05. The van der Waals surface area contributed by atoms with Gasteiger partial charge in [-0.05, 0) is 157 Å². The van der Waals surface area contributed by atoms with Crippen LogP contribution in [0.2, 0.25) is 0 Å². The monoisotopic (exact) mass is 830 g/mol. The van der Waals surface area contributed by atoms with Crippen molar-refractivity contribution in [3.05, 3.63) is 179 Å². The smallest absolute Gasteiger partial charge is 0.165 e. The third kappa shape index (κ3) is 6.61. The molecule has 0 unspecified atom stereocenters. The fraction of sp³-hybridized carbons (Fsp3) is 0.143. The maximum Gasteiger partial charge on any atom is 0.165 e. The van der Waals surface area contributed by atoms with Crippen LogP contribution >= 0.6 is 0 Å². The van der Waals surface area contributed by atoms with Crippen molar-refractivity contribution >= 4 is 43.6 Å². The summed E-state index contributed by atoms with van der Waals surface area (Å²) in [4.78, 5) is 28.7. The molecule has 7 aromatic carbocycles. The standard InChI is InChI=1S/C56H46N8/c1-31-12-19-49-44(24-31)45-25-32(2)13-20-50(45)63(49)53-23-17-41(29-48(53)56-61-37(7)58-38(8)62-56)39-10-9-11-40(28-39)42-16-18-43(55-59-35(5)57-36(6)60-55)54(30-42)64-51-21-14-33(3)26-46(51)47-27-34(4)15-22-52(47)64/h9-30H,1-8H3. The number of rotatable bonds is 6. The highest BCUT2D eigenvalue weighted by molar-refractivity contribution is 6.11. The highest BCUT2D eigenvalue weighted by atomic mass is 15.1. The van der Waals surface area contributed by atoms with Crippen molar-refractivity contribution in [2.24, 2.45) is 0 Å². The molecule has 0 aliphatic carbocycles. The van der Waals surface area contributed by atoms with Gasteiger partial charge in [-0.3, -0.25) is 0 Å². The van der Waals surface area contributed by atoms with E-state index in [0.29, 0.717) is 34.9 Å². The van der Waals surface area contributed by atoms with Crippen molar-refractivity contribution in [1.29, 1.82) is 0 Å². The molecular formula is C56H46N8. The van der Waals surface area contributed by atoms with Crippen LogP contribution < -0.4 is 0 Å². The van der Waals surface area contributed by atoms with Gasteiger partial charge in [0.05, 0.1) is 33.4 Å². The Morgan fingerprint density at radius 3 is 1.12 bits per heavy atom. The Labute approximate surface area is 372 Å². The predicted molar refractivity (Wildman–Crippen MR) is 262 cm³/mol. The molecule has 8 heteroatoms. The van der Waals surface area contributed by atoms with Crippen molar-refractivity contribution in [3.63, 3.8) is 0 Å². The maximum absolute atomic E-state index is 4.94. The van der Waals surface area contributed by atoms with E-state index in [1.807, 2.05) is 27.7 Å². The second kappa shape index (κ2) is 14.9. The molecule has 4 aromatic heterocycles. The molecule has 0 fully saturated rings. The van der Waals surface area contributed by atoms with Crippen LogP contribution in [0.25, 0.3) is 100 Å². The van der Waals surface area contributed by atoms with Crippen molar-refractivity contribution in [2.45, 2.75) is 55.4 Å². The molecule has 0 atom stereocenters. The Balaban J connectivity index is 1.11. The molecule has 0 saturated heterocycles. The molecule has 11 rings (SSSR count). The lowest BCUT2D eigenvalue weighted by molar-refractivity contribution is 0.926. The van der Waals surface area contributed by atoms with Gasteiger partial charge < -0.3 is 9.13 Å². The molecule has 0 N–H and O–H groups in total. The molecule has 8 nitrogen and oxygen atoms in total. The highest BCUT2D eigenvalue weighted by Gasteiger charge is 2.22. The van der Waals surface area contributed by atoms with Crippen LogP contribution in [0.3, 0.4) is 0 Å². The number of benzene rings is 7. The molecule has 0 radical (unpaired) electrons. The Hall–Kier alpha value is -7.84. The van der Waals surface area contributed by atoms with Crippen LogP contribution in [0.15, 0.2) is 133 Å². The lowest BCUT2D eigenvalue weighted by Crippen LogP contribution is -2.04. The zero-order valence-electron chi connectivity index (χ0n) is 37.3. The third-order valence-electron chi connectivity index (χ3n) is 12.4. The van der Waals surface area contributed by atoms with E-state index >= 15 is 0 Å². The summed E-state index contributed by atoms with van der Waals surface area (Å²) in [5, 5.41) is 4.88. The molecule has 0 aliphatic heterocycles. The van der Waals surface area contributed by atoms with Gasteiger partial charge in [0.25, 0.3) is 0 Å². The SMILES string of the molecule is Cc1ccc2c(c1)c1cc(C)ccc1n2-c1ccc(-c2cccc(-c3ccc(-c4nc(C)nc(C)n4)c(-n4c5ccc(C)cc5c5cc(C)ccc54)c3)c2)cc1-c1nc(C)nc(C)n1. The fourth-order valence-corrected chi connectivity index (χ4v) is 9.55. The summed E-state index contributed by atoms with van der Waals surface area (Å²) in [6.07, 6.45) is 0. The third-order valence-corrected chi connectivity index (χ3v) is 12.4. The number of nitrogens with zero attached hydrogens (tertiary/aromatic N) is 8. The van der Waals surface area contributed by atoms with E-state index in [9.17, 15) is 0 Å². The molecule has 0 amide bonds. The number of aryl methyl sites for hydroxylation is 8. The predicted octanol–water partition coefficient (Wildman–Crippen LogP) is 13.4. The summed E-state index contributed by atoms with van der Waals surface area (Å²) in [6, 6.07) is 49.0. The van der Waals surface area contributed by atoms with E-state index < -0.39 is 0 Å². The Morgan fingerprint density at radius 1 is 0.297 bits per heavy atom. The van der Waals surface area contributed by atoms with E-state index in [1.54, 1.807) is 0 Å². The van der Waals surface area contributed by atoms with E-state index in [2.05, 4.69) is 180 Å². The Kier molecular flexibility index (Phi) is 9.10. The largest absolute Gasteiger partial charge is 0.309 e. The van der Waals surface area contributed by atoms with Gasteiger partial charge in [-0.25, -0.2) is 29.9 Å². The number of hydrogen-bond acceptors (Lipinski definition) is 6. The molecular weight excluding hydrogens is 785 g/mol. The van der Waals surface area contributed by atoms with Gasteiger partial charge in [-0.1, -0.05) is 76.9 Å². The molecule has 4 heterocycles. The minimum absolute atomic E-state index is 0.646. The number of fused-ring (bicyclic) bond motifs is 6. The van der Waals surface area contributed by atoms with Crippen LogP contribution in [0.5, 0.6) is 0 Å². The molecule has 0 spiro atoms. The van der Waals surface area contributed by atoms with E-state index in [0.717, 1.165) is 66.8 Å². The van der Waals surface area contributed by atoms with Gasteiger partial charge >= 0.3 is 0 Å². The van der Waals surface area contributed by atoms with Gasteiger partial charge in [0.15, 0.2) is 11.6 Å². The molecule has 0 bridgehead atoms. The van der Waals surface area contributed by atoms with Crippen LogP contribution in [-0.4, -0.2) is 39.0 Å². The topological polar surface area (TPSA) is 87.2 Å². The Morgan fingerprint density at radius 2 is 0.672 bits per heavy atom. The van der Waals surface area contributed by atoms with Gasteiger partial charge in [0.2, 0.25) is 0 Å². The molecule has 0 saturated carbocycles. The molecule has 11 aromatic rings. The average molecular weight is 831 g/mol. The number of aromatic nitrogens is 8. The zero-order valence-corrected chi connectivity index (χ0v) is 37.3. The first kappa shape index (κ1) is 39.0. The molecule has 0 aliphatic rings. The van der Waals surface area contributed by atoms with Crippen molar-refractivity contribution in [2.75, 3.05) is 0 Å². The van der Waals surface area contributed by atoms with Gasteiger partial charge in [0, 0.05) is 32.7 Å². The van der Waals surface area contributed by atoms with E-state index in [4.69, 9.17) is 19.9 Å². The highest BCUT2D eigenvalue weighted by Crippen LogP contribution is 2.41. The summed E-state index contributed by atoms with van der Waals surface area (Å²) in [7, 11) is 0. The van der Waals surface area contributed by atoms with Crippen molar-refractivity contribution < 1.29 is 0 Å². The first-order valence-corrected chi connectivity index (χ1v) is 21.8. The lowest BCUT2D eigenvalue weighted by Gasteiger charge is -2.17. The maximum atomic E-state index is 4.94. The minimum atomic E-state index is 0.646. The summed E-state index contributed by atoms with van der Waals surface area (Å²) >= 11 is 0. The van der Waals surface area contributed by atoms with Crippen molar-refractivity contribution in [3.8, 4) is 56.4 Å².